The molecular formula is C23H16ClN3O6. The molecule has 0 saturated carbocycles. The molecule has 0 bridgehead atoms. The molecule has 0 radical (unpaired) electrons. The molecule has 0 unspecified atom stereocenters. The topological polar surface area (TPSA) is 123 Å². The van der Waals surface area contributed by atoms with Crippen LogP contribution in [0.2, 0.25) is 5.02 Å². The molecule has 2 heterocycles. The predicted octanol–water partition coefficient (Wildman–Crippen LogP) is 4.79. The quantitative estimate of drug-likeness (QED) is 0.256. The standard InChI is InChI=1S/C23H16ClN3O6/c1-12-7-13(2)9-15(8-12)26-22(29)18(21(28)25-23(26)30)11-16-4-6-20(33-16)17-5-3-14(27(31)32)10-19(17)24/h3-11H,1-2H3,(H,25,28,30). The van der Waals surface area contributed by atoms with Crippen LogP contribution in [-0.4, -0.2) is 22.8 Å². The summed E-state index contributed by atoms with van der Waals surface area (Å²) in [6.45, 7) is 3.66. The Kier molecular flexibility index (Phi) is 5.57. The molecule has 4 rings (SSSR count). The first kappa shape index (κ1) is 22.0. The molecule has 33 heavy (non-hydrogen) atoms. The maximum atomic E-state index is 13.1. The molecule has 1 fully saturated rings. The van der Waals surface area contributed by atoms with Crippen molar-refractivity contribution in [1.29, 1.82) is 0 Å². The molecule has 1 N–H and O–H groups in total. The van der Waals surface area contributed by atoms with Crippen molar-refractivity contribution in [2.45, 2.75) is 13.8 Å². The van der Waals surface area contributed by atoms with E-state index in [0.29, 0.717) is 11.3 Å². The van der Waals surface area contributed by atoms with Gasteiger partial charge in [0.25, 0.3) is 17.5 Å². The first-order valence-corrected chi connectivity index (χ1v) is 10.1. The Morgan fingerprint density at radius 2 is 1.73 bits per heavy atom. The number of nitrogens with zero attached hydrogens (tertiary/aromatic N) is 2. The molecule has 0 aliphatic carbocycles. The summed E-state index contributed by atoms with van der Waals surface area (Å²) in [5.74, 6) is -1.20. The molecule has 1 aliphatic rings. The lowest BCUT2D eigenvalue weighted by molar-refractivity contribution is -0.384. The van der Waals surface area contributed by atoms with Crippen LogP contribution in [-0.2, 0) is 9.59 Å². The van der Waals surface area contributed by atoms with Crippen molar-refractivity contribution < 1.29 is 23.7 Å². The fourth-order valence-corrected chi connectivity index (χ4v) is 3.77. The summed E-state index contributed by atoms with van der Waals surface area (Å²) in [5.41, 5.74) is 1.99. The van der Waals surface area contributed by atoms with Crippen LogP contribution in [0.25, 0.3) is 17.4 Å². The first-order chi connectivity index (χ1) is 15.6. The van der Waals surface area contributed by atoms with Crippen molar-refractivity contribution in [1.82, 2.24) is 5.32 Å². The van der Waals surface area contributed by atoms with E-state index in [2.05, 4.69) is 5.32 Å². The van der Waals surface area contributed by atoms with E-state index in [0.717, 1.165) is 16.0 Å². The fourth-order valence-electron chi connectivity index (χ4n) is 3.51. The molecule has 0 spiro atoms. The number of imide groups is 2. The van der Waals surface area contributed by atoms with E-state index >= 15 is 0 Å². The minimum Gasteiger partial charge on any atom is -0.457 e. The summed E-state index contributed by atoms with van der Waals surface area (Å²) >= 11 is 6.14. The fraction of sp³-hybridized carbons (Fsp3) is 0.0870. The lowest BCUT2D eigenvalue weighted by atomic mass is 10.1. The minimum absolute atomic E-state index is 0.107. The van der Waals surface area contributed by atoms with Crippen molar-refractivity contribution in [2.75, 3.05) is 4.90 Å². The molecular weight excluding hydrogens is 450 g/mol. The summed E-state index contributed by atoms with van der Waals surface area (Å²) in [6.07, 6.45) is 1.22. The van der Waals surface area contributed by atoms with E-state index in [-0.39, 0.29) is 27.8 Å². The van der Waals surface area contributed by atoms with Crippen LogP contribution in [0.4, 0.5) is 16.2 Å². The van der Waals surface area contributed by atoms with Gasteiger partial charge in [0.05, 0.1) is 15.6 Å². The SMILES string of the molecule is Cc1cc(C)cc(N2C(=O)NC(=O)C(=Cc3ccc(-c4ccc([N+](=O)[O-])cc4Cl)o3)C2=O)c1. The van der Waals surface area contributed by atoms with Crippen LogP contribution >= 0.6 is 11.6 Å². The van der Waals surface area contributed by atoms with Gasteiger partial charge in [-0.15, -0.1) is 0 Å². The van der Waals surface area contributed by atoms with Gasteiger partial charge in [-0.3, -0.25) is 25.0 Å². The number of amides is 4. The van der Waals surface area contributed by atoms with Crippen molar-refractivity contribution in [3.8, 4) is 11.3 Å². The third-order valence-corrected chi connectivity index (χ3v) is 5.22. The zero-order chi connectivity index (χ0) is 23.9. The number of anilines is 1. The average Bonchev–Trinajstić information content (AvgIpc) is 3.18. The van der Waals surface area contributed by atoms with Gasteiger partial charge in [0.2, 0.25) is 0 Å². The third-order valence-electron chi connectivity index (χ3n) is 4.91. The number of urea groups is 1. The van der Waals surface area contributed by atoms with E-state index in [9.17, 15) is 24.5 Å². The number of barbiturate groups is 1. The van der Waals surface area contributed by atoms with E-state index in [1.54, 1.807) is 18.2 Å². The summed E-state index contributed by atoms with van der Waals surface area (Å²) < 4.78 is 5.69. The molecule has 1 aliphatic heterocycles. The number of rotatable bonds is 4. The molecule has 9 nitrogen and oxygen atoms in total. The lowest BCUT2D eigenvalue weighted by Crippen LogP contribution is -2.54. The minimum atomic E-state index is -0.850. The molecule has 10 heteroatoms. The lowest BCUT2D eigenvalue weighted by Gasteiger charge is -2.26. The van der Waals surface area contributed by atoms with E-state index in [1.165, 1.54) is 30.3 Å². The Hall–Kier alpha value is -4.24. The van der Waals surface area contributed by atoms with Gasteiger partial charge in [0.1, 0.15) is 17.1 Å². The van der Waals surface area contributed by atoms with Gasteiger partial charge in [-0.1, -0.05) is 17.7 Å². The molecule has 1 saturated heterocycles. The van der Waals surface area contributed by atoms with Crippen LogP contribution in [0.5, 0.6) is 0 Å². The number of carbonyl (C=O) groups is 3. The van der Waals surface area contributed by atoms with Crippen molar-refractivity contribution in [3.63, 3.8) is 0 Å². The van der Waals surface area contributed by atoms with Gasteiger partial charge < -0.3 is 4.42 Å². The first-order valence-electron chi connectivity index (χ1n) is 9.68. The van der Waals surface area contributed by atoms with Crippen LogP contribution in [0.15, 0.2) is 58.5 Å². The summed E-state index contributed by atoms with van der Waals surface area (Å²) in [7, 11) is 0. The molecule has 4 amide bonds. The number of non-ortho nitro benzene ring substituents is 1. The van der Waals surface area contributed by atoms with Gasteiger partial charge in [0, 0.05) is 17.7 Å². The zero-order valence-electron chi connectivity index (χ0n) is 17.4. The number of nitrogens with one attached hydrogen (secondary N) is 1. The summed E-state index contributed by atoms with van der Waals surface area (Å²) in [4.78, 5) is 49.1. The number of hydrogen-bond donors (Lipinski definition) is 1. The highest BCUT2D eigenvalue weighted by molar-refractivity contribution is 6.39. The van der Waals surface area contributed by atoms with E-state index < -0.39 is 22.8 Å². The number of halogens is 1. The smallest absolute Gasteiger partial charge is 0.335 e. The Labute approximate surface area is 192 Å². The Morgan fingerprint density at radius 1 is 1.03 bits per heavy atom. The number of nitro groups is 1. The molecule has 166 valence electrons. The highest BCUT2D eigenvalue weighted by Gasteiger charge is 2.37. The number of nitro benzene ring substituents is 1. The monoisotopic (exact) mass is 465 g/mol. The van der Waals surface area contributed by atoms with Gasteiger partial charge in [0.15, 0.2) is 0 Å². The molecule has 0 atom stereocenters. The van der Waals surface area contributed by atoms with Gasteiger partial charge in [-0.2, -0.15) is 0 Å². The highest BCUT2D eigenvalue weighted by atomic mass is 35.5. The molecule has 3 aromatic rings. The normalized spacial score (nSPS) is 15.2. The van der Waals surface area contributed by atoms with E-state index in [1.807, 2.05) is 19.9 Å². The number of aryl methyl sites for hydroxylation is 2. The highest BCUT2D eigenvalue weighted by Crippen LogP contribution is 2.33. The maximum absolute atomic E-state index is 13.1. The second-order valence-electron chi connectivity index (χ2n) is 7.43. The van der Waals surface area contributed by atoms with Crippen LogP contribution in [0.3, 0.4) is 0 Å². The molecule has 1 aromatic heterocycles. The van der Waals surface area contributed by atoms with Gasteiger partial charge >= 0.3 is 6.03 Å². The number of benzene rings is 2. The number of carbonyl (C=O) groups excluding carboxylic acids is 3. The van der Waals surface area contributed by atoms with Crippen molar-refractivity contribution >= 4 is 46.9 Å². The van der Waals surface area contributed by atoms with Gasteiger partial charge in [-0.05, 0) is 61.4 Å². The van der Waals surface area contributed by atoms with Crippen LogP contribution in [0.1, 0.15) is 16.9 Å². The maximum Gasteiger partial charge on any atom is 0.335 e. The average molecular weight is 466 g/mol. The third kappa shape index (κ3) is 4.26. The van der Waals surface area contributed by atoms with Crippen LogP contribution in [0, 0.1) is 24.0 Å². The summed E-state index contributed by atoms with van der Waals surface area (Å²) in [5, 5.41) is 13.2. The van der Waals surface area contributed by atoms with E-state index in [4.69, 9.17) is 16.0 Å². The van der Waals surface area contributed by atoms with Crippen molar-refractivity contribution in [2.24, 2.45) is 0 Å². The Morgan fingerprint density at radius 3 is 2.36 bits per heavy atom. The Balaban J connectivity index is 1.68. The second-order valence-corrected chi connectivity index (χ2v) is 7.83. The Bertz CT molecular complexity index is 1350. The number of furan rings is 1. The van der Waals surface area contributed by atoms with Gasteiger partial charge in [-0.25, -0.2) is 9.69 Å². The summed E-state index contributed by atoms with van der Waals surface area (Å²) in [6, 6.07) is 11.4. The van der Waals surface area contributed by atoms with Crippen LogP contribution < -0.4 is 10.2 Å². The second kappa shape index (κ2) is 8.36. The zero-order valence-corrected chi connectivity index (χ0v) is 18.2. The number of hydrogen-bond acceptors (Lipinski definition) is 6. The largest absolute Gasteiger partial charge is 0.457 e. The van der Waals surface area contributed by atoms with Crippen molar-refractivity contribution in [3.05, 3.63) is 86.1 Å². The molecule has 2 aromatic carbocycles. The predicted molar refractivity (Wildman–Crippen MR) is 121 cm³/mol.